The maximum atomic E-state index is 6.39. The zero-order valence-electron chi connectivity index (χ0n) is 16.1. The SMILES string of the molecule is CCCCO[Si](OCCCC)(OCCCC)c1ccccc1CC. The van der Waals surface area contributed by atoms with E-state index in [-0.39, 0.29) is 0 Å². The monoisotopic (exact) mass is 352 g/mol. The molecule has 0 aliphatic carbocycles. The normalized spacial score (nSPS) is 11.8. The summed E-state index contributed by atoms with van der Waals surface area (Å²) in [6, 6.07) is 8.49. The molecule has 0 unspecified atom stereocenters. The minimum Gasteiger partial charge on any atom is -0.370 e. The summed E-state index contributed by atoms with van der Waals surface area (Å²) in [7, 11) is -2.85. The molecule has 0 radical (unpaired) electrons. The number of rotatable bonds is 14. The first kappa shape index (κ1) is 21.4. The Kier molecular flexibility index (Phi) is 11.3. The maximum Gasteiger partial charge on any atom is 0.537 e. The largest absolute Gasteiger partial charge is 0.537 e. The van der Waals surface area contributed by atoms with Crippen LogP contribution in [0.2, 0.25) is 0 Å². The van der Waals surface area contributed by atoms with Crippen LogP contribution < -0.4 is 5.19 Å². The summed E-state index contributed by atoms with van der Waals surface area (Å²) in [6.07, 6.45) is 7.43. The molecular formula is C20H36O3Si. The molecule has 4 heteroatoms. The fourth-order valence-electron chi connectivity index (χ4n) is 2.54. The van der Waals surface area contributed by atoms with Crippen LogP contribution in [-0.4, -0.2) is 28.6 Å². The highest BCUT2D eigenvalue weighted by Gasteiger charge is 2.45. The van der Waals surface area contributed by atoms with Gasteiger partial charge in [0.15, 0.2) is 0 Å². The maximum absolute atomic E-state index is 6.39. The minimum atomic E-state index is -2.85. The van der Waals surface area contributed by atoms with E-state index in [1.165, 1.54) is 5.56 Å². The summed E-state index contributed by atoms with van der Waals surface area (Å²) in [5.74, 6) is 0. The van der Waals surface area contributed by atoms with E-state index in [0.717, 1.165) is 50.1 Å². The summed E-state index contributed by atoms with van der Waals surface area (Å²) in [4.78, 5) is 0. The number of aryl methyl sites for hydroxylation is 1. The van der Waals surface area contributed by atoms with Crippen molar-refractivity contribution in [1.29, 1.82) is 0 Å². The van der Waals surface area contributed by atoms with Crippen LogP contribution in [0.15, 0.2) is 24.3 Å². The highest BCUT2D eigenvalue weighted by Crippen LogP contribution is 2.16. The zero-order valence-corrected chi connectivity index (χ0v) is 17.1. The van der Waals surface area contributed by atoms with E-state index in [0.29, 0.717) is 19.8 Å². The topological polar surface area (TPSA) is 27.7 Å². The van der Waals surface area contributed by atoms with Gasteiger partial charge >= 0.3 is 8.80 Å². The van der Waals surface area contributed by atoms with Crippen LogP contribution >= 0.6 is 0 Å². The fraction of sp³-hybridized carbons (Fsp3) is 0.700. The molecule has 0 amide bonds. The first-order valence-electron chi connectivity index (χ1n) is 9.74. The van der Waals surface area contributed by atoms with E-state index < -0.39 is 8.80 Å². The molecule has 0 heterocycles. The summed E-state index contributed by atoms with van der Waals surface area (Å²) >= 11 is 0. The third-order valence-corrected chi connectivity index (χ3v) is 7.00. The Morgan fingerprint density at radius 3 is 1.58 bits per heavy atom. The molecule has 1 aromatic carbocycles. The molecule has 138 valence electrons. The van der Waals surface area contributed by atoms with Crippen molar-refractivity contribution in [2.24, 2.45) is 0 Å². The van der Waals surface area contributed by atoms with E-state index in [1.807, 2.05) is 0 Å². The first-order chi connectivity index (χ1) is 11.7. The lowest BCUT2D eigenvalue weighted by atomic mass is 10.2. The van der Waals surface area contributed by atoms with Gasteiger partial charge in [0.05, 0.1) is 0 Å². The van der Waals surface area contributed by atoms with Gasteiger partial charge < -0.3 is 13.3 Å². The Bertz CT molecular complexity index is 410. The van der Waals surface area contributed by atoms with Crippen molar-refractivity contribution in [3.8, 4) is 0 Å². The van der Waals surface area contributed by atoms with Gasteiger partial charge in [-0.2, -0.15) is 0 Å². The summed E-state index contributed by atoms with van der Waals surface area (Å²) in [5.41, 5.74) is 1.29. The molecule has 0 aromatic heterocycles. The van der Waals surface area contributed by atoms with E-state index in [2.05, 4.69) is 52.0 Å². The van der Waals surface area contributed by atoms with Gasteiger partial charge in [-0.1, -0.05) is 71.2 Å². The number of benzene rings is 1. The third kappa shape index (κ3) is 6.67. The van der Waals surface area contributed by atoms with Crippen LogP contribution in [0.3, 0.4) is 0 Å². The second kappa shape index (κ2) is 12.6. The van der Waals surface area contributed by atoms with Gasteiger partial charge in [0, 0.05) is 25.0 Å². The standard InChI is InChI=1S/C20H36O3Si/c1-5-9-16-21-24(22-17-10-6-2,23-18-11-7-3)20-15-13-12-14-19(20)8-4/h12-15H,5-11,16-18H2,1-4H3. The Morgan fingerprint density at radius 1 is 0.708 bits per heavy atom. The highest BCUT2D eigenvalue weighted by atomic mass is 28.4. The van der Waals surface area contributed by atoms with Crippen molar-refractivity contribution in [1.82, 2.24) is 0 Å². The predicted molar refractivity (Wildman–Crippen MR) is 104 cm³/mol. The molecule has 0 saturated heterocycles. The Labute approximate surface area is 150 Å². The molecule has 0 N–H and O–H groups in total. The third-order valence-electron chi connectivity index (χ3n) is 4.10. The molecule has 0 saturated carbocycles. The second-order valence-electron chi connectivity index (χ2n) is 6.17. The molecular weight excluding hydrogens is 316 g/mol. The molecule has 1 aromatic rings. The predicted octanol–water partition coefficient (Wildman–Crippen LogP) is 4.85. The van der Waals surface area contributed by atoms with Gasteiger partial charge in [0.25, 0.3) is 0 Å². The van der Waals surface area contributed by atoms with E-state index >= 15 is 0 Å². The molecule has 1 rings (SSSR count). The zero-order chi connectivity index (χ0) is 17.7. The van der Waals surface area contributed by atoms with Crippen molar-refractivity contribution in [3.63, 3.8) is 0 Å². The Hall–Kier alpha value is -0.683. The van der Waals surface area contributed by atoms with Crippen LogP contribution in [0.25, 0.3) is 0 Å². The molecule has 0 aliphatic heterocycles. The second-order valence-corrected chi connectivity index (χ2v) is 8.69. The lowest BCUT2D eigenvalue weighted by Crippen LogP contribution is -2.58. The summed E-state index contributed by atoms with van der Waals surface area (Å²) in [5, 5.41) is 1.16. The minimum absolute atomic E-state index is 0.707. The van der Waals surface area contributed by atoms with Crippen LogP contribution in [-0.2, 0) is 19.7 Å². The fourth-order valence-corrected chi connectivity index (χ4v) is 5.45. The van der Waals surface area contributed by atoms with Crippen molar-refractivity contribution in [2.75, 3.05) is 19.8 Å². The van der Waals surface area contributed by atoms with Crippen LogP contribution in [0.1, 0.15) is 71.8 Å². The first-order valence-corrected chi connectivity index (χ1v) is 11.5. The van der Waals surface area contributed by atoms with Gasteiger partial charge in [0.2, 0.25) is 0 Å². The Morgan fingerprint density at radius 2 is 1.17 bits per heavy atom. The van der Waals surface area contributed by atoms with Crippen LogP contribution in [0.5, 0.6) is 0 Å². The van der Waals surface area contributed by atoms with Crippen LogP contribution in [0.4, 0.5) is 0 Å². The average molecular weight is 353 g/mol. The summed E-state index contributed by atoms with van der Waals surface area (Å²) < 4.78 is 19.2. The molecule has 0 fully saturated rings. The molecule has 0 spiro atoms. The Balaban J connectivity index is 3.09. The van der Waals surface area contributed by atoms with Gasteiger partial charge in [-0.15, -0.1) is 0 Å². The number of hydrogen-bond donors (Lipinski definition) is 0. The van der Waals surface area contributed by atoms with Crippen molar-refractivity contribution in [2.45, 2.75) is 72.6 Å². The molecule has 3 nitrogen and oxygen atoms in total. The quantitative estimate of drug-likeness (QED) is 0.354. The van der Waals surface area contributed by atoms with Crippen molar-refractivity contribution in [3.05, 3.63) is 29.8 Å². The van der Waals surface area contributed by atoms with Gasteiger partial charge in [-0.05, 0) is 31.2 Å². The molecule has 24 heavy (non-hydrogen) atoms. The molecule has 0 bridgehead atoms. The molecule has 0 aliphatic rings. The van der Waals surface area contributed by atoms with Gasteiger partial charge in [-0.3, -0.25) is 0 Å². The van der Waals surface area contributed by atoms with E-state index in [1.54, 1.807) is 0 Å². The van der Waals surface area contributed by atoms with Gasteiger partial charge in [-0.25, -0.2) is 0 Å². The van der Waals surface area contributed by atoms with Crippen molar-refractivity contribution >= 4 is 14.0 Å². The van der Waals surface area contributed by atoms with E-state index in [9.17, 15) is 0 Å². The lowest BCUT2D eigenvalue weighted by Gasteiger charge is -2.31. The smallest absolute Gasteiger partial charge is 0.370 e. The lowest BCUT2D eigenvalue weighted by molar-refractivity contribution is 0.0699. The number of hydrogen-bond acceptors (Lipinski definition) is 3. The van der Waals surface area contributed by atoms with Gasteiger partial charge in [0.1, 0.15) is 0 Å². The van der Waals surface area contributed by atoms with Crippen molar-refractivity contribution < 1.29 is 13.3 Å². The molecule has 0 atom stereocenters. The van der Waals surface area contributed by atoms with E-state index in [4.69, 9.17) is 13.3 Å². The average Bonchev–Trinajstić information content (AvgIpc) is 2.62. The highest BCUT2D eigenvalue weighted by molar-refractivity contribution is 6.75. The summed E-state index contributed by atoms with van der Waals surface area (Å²) in [6.45, 7) is 10.9. The van der Waals surface area contributed by atoms with Crippen LogP contribution in [0, 0.1) is 0 Å². The number of unbranched alkanes of at least 4 members (excludes halogenated alkanes) is 3.